The maximum absolute atomic E-state index is 5.57. The lowest BCUT2D eigenvalue weighted by Crippen LogP contribution is -2.40. The Bertz CT molecular complexity index is 1220. The van der Waals surface area contributed by atoms with Crippen molar-refractivity contribution < 1.29 is 9.47 Å². The molecule has 36 heavy (non-hydrogen) atoms. The Morgan fingerprint density at radius 2 is 1.78 bits per heavy atom. The van der Waals surface area contributed by atoms with Crippen LogP contribution in [0.2, 0.25) is 0 Å². The molecule has 0 saturated carbocycles. The van der Waals surface area contributed by atoms with Gasteiger partial charge in [-0.3, -0.25) is 0 Å². The quantitative estimate of drug-likeness (QED) is 0.410. The minimum absolute atomic E-state index is 0.111. The van der Waals surface area contributed by atoms with Gasteiger partial charge in [0.15, 0.2) is 5.82 Å². The first-order valence-corrected chi connectivity index (χ1v) is 13.1. The molecule has 3 rings (SSSR count). The average Bonchev–Trinajstić information content (AvgIpc) is 2.90. The van der Waals surface area contributed by atoms with Crippen LogP contribution in [0.3, 0.4) is 0 Å². The van der Waals surface area contributed by atoms with E-state index in [-0.39, 0.29) is 16.9 Å². The Morgan fingerprint density at radius 3 is 2.39 bits per heavy atom. The van der Waals surface area contributed by atoms with Crippen molar-refractivity contribution in [2.24, 2.45) is 5.92 Å². The lowest BCUT2D eigenvalue weighted by atomic mass is 9.76. The van der Waals surface area contributed by atoms with E-state index < -0.39 is 0 Å². The van der Waals surface area contributed by atoms with Crippen LogP contribution in [0.4, 0.5) is 5.82 Å². The number of nitrogens with zero attached hydrogens (tertiary/aromatic N) is 3. The molecule has 0 saturated heterocycles. The normalized spacial score (nSPS) is 19.7. The van der Waals surface area contributed by atoms with Crippen molar-refractivity contribution in [3.8, 4) is 11.5 Å². The molecule has 2 unspecified atom stereocenters. The molecule has 2 atom stereocenters. The number of allylic oxidation sites excluding steroid dienone is 4. The number of nitrogens with one attached hydrogen (secondary N) is 1. The zero-order chi connectivity index (χ0) is 26.7. The Labute approximate surface area is 220 Å². The van der Waals surface area contributed by atoms with Crippen molar-refractivity contribution >= 4 is 17.8 Å². The summed E-state index contributed by atoms with van der Waals surface area (Å²) in [6.45, 7) is 17.4. The molecule has 1 aromatic carbocycles. The summed E-state index contributed by atoms with van der Waals surface area (Å²) in [7, 11) is 3.33. The summed E-state index contributed by atoms with van der Waals surface area (Å²) in [5.41, 5.74) is 4.02. The van der Waals surface area contributed by atoms with Gasteiger partial charge in [0.25, 0.3) is 0 Å². The van der Waals surface area contributed by atoms with Gasteiger partial charge in [0, 0.05) is 17.0 Å². The maximum Gasteiger partial charge on any atom is 0.159 e. The Kier molecular flexibility index (Phi) is 8.44. The summed E-state index contributed by atoms with van der Waals surface area (Å²) in [4.78, 5) is 5.84. The van der Waals surface area contributed by atoms with E-state index in [0.29, 0.717) is 0 Å². The van der Waals surface area contributed by atoms with Crippen molar-refractivity contribution in [3.63, 3.8) is 0 Å². The number of anilines is 1. The van der Waals surface area contributed by atoms with E-state index in [1.165, 1.54) is 23.1 Å². The van der Waals surface area contributed by atoms with E-state index in [1.807, 2.05) is 29.2 Å². The maximum atomic E-state index is 5.57. The topological polar surface area (TPSA) is 61.2 Å². The fourth-order valence-corrected chi connectivity index (χ4v) is 5.07. The lowest BCUT2D eigenvalue weighted by molar-refractivity contribution is 0.261. The predicted octanol–water partition coefficient (Wildman–Crippen LogP) is 7.40. The molecule has 0 radical (unpaired) electrons. The largest absolute Gasteiger partial charge is 0.497 e. The second-order valence-electron chi connectivity index (χ2n) is 10.6. The number of aryl methyl sites for hydroxylation is 1. The highest BCUT2D eigenvalue weighted by atomic mass is 32.2. The summed E-state index contributed by atoms with van der Waals surface area (Å²) in [6, 6.07) is 9.91. The fourth-order valence-electron chi connectivity index (χ4n) is 4.23. The SMILES string of the molecule is COc1ccc(OC)c(SNc2nn(C3(C)C(C)=CC(C)=CC3C)cnc(C(C)(C)C)ccc2C)c1. The molecule has 1 aromatic heterocycles. The molecule has 6 nitrogen and oxygen atoms in total. The van der Waals surface area contributed by atoms with Crippen LogP contribution in [0.15, 0.2) is 64.9 Å². The van der Waals surface area contributed by atoms with Crippen molar-refractivity contribution in [2.45, 2.75) is 71.2 Å². The predicted molar refractivity (Wildman–Crippen MR) is 150 cm³/mol. The van der Waals surface area contributed by atoms with Gasteiger partial charge in [-0.25, -0.2) is 9.67 Å². The Hall–Kier alpha value is -2.93. The summed E-state index contributed by atoms with van der Waals surface area (Å²) in [5.74, 6) is 2.51. The van der Waals surface area contributed by atoms with Crippen LogP contribution in [-0.2, 0) is 11.0 Å². The molecule has 0 fully saturated rings. The number of hydrogen-bond donors (Lipinski definition) is 1. The highest BCUT2D eigenvalue weighted by Crippen LogP contribution is 2.39. The first-order valence-electron chi connectivity index (χ1n) is 12.2. The molecule has 0 spiro atoms. The van der Waals surface area contributed by atoms with Gasteiger partial charge in [0.1, 0.15) is 17.8 Å². The molecule has 1 heterocycles. The van der Waals surface area contributed by atoms with Gasteiger partial charge in [0.05, 0.1) is 24.7 Å². The van der Waals surface area contributed by atoms with E-state index in [1.54, 1.807) is 14.2 Å². The van der Waals surface area contributed by atoms with Crippen molar-refractivity contribution in [2.75, 3.05) is 18.9 Å². The van der Waals surface area contributed by atoms with Crippen molar-refractivity contribution in [1.82, 2.24) is 14.8 Å². The minimum atomic E-state index is -0.373. The Morgan fingerprint density at radius 1 is 1.06 bits per heavy atom. The van der Waals surface area contributed by atoms with Gasteiger partial charge in [-0.1, -0.05) is 51.5 Å². The first kappa shape index (κ1) is 27.7. The Balaban J connectivity index is 2.19. The lowest BCUT2D eigenvalue weighted by Gasteiger charge is -2.39. The second-order valence-corrected chi connectivity index (χ2v) is 11.4. The van der Waals surface area contributed by atoms with Gasteiger partial charge in [-0.2, -0.15) is 5.10 Å². The van der Waals surface area contributed by atoms with E-state index in [2.05, 4.69) is 84.4 Å². The van der Waals surface area contributed by atoms with E-state index in [9.17, 15) is 0 Å². The van der Waals surface area contributed by atoms with Crippen molar-refractivity contribution in [1.29, 1.82) is 0 Å². The molecule has 7 heteroatoms. The van der Waals surface area contributed by atoms with Gasteiger partial charge >= 0.3 is 0 Å². The second kappa shape index (κ2) is 11.0. The standard InChI is InChI=1S/C29H40N4O2S/c1-19-15-21(3)29(8,22(4)16-19)33-18-30-26(28(5,6)7)14-11-20(2)27(31-33)32-36-25-17-23(34-9)12-13-24(25)35-10/h11-18,21H,1-10H3,(H,31,32). The fraction of sp³-hybridized carbons (Fsp3) is 0.448. The number of benzene rings is 1. The van der Waals surface area contributed by atoms with Crippen LogP contribution >= 0.6 is 11.9 Å². The van der Waals surface area contributed by atoms with E-state index in [4.69, 9.17) is 19.6 Å². The number of ether oxygens (including phenoxy) is 2. The third kappa shape index (κ3) is 5.89. The average molecular weight is 509 g/mol. The van der Waals surface area contributed by atoms with Gasteiger partial charge in [0.2, 0.25) is 0 Å². The number of methoxy groups -OCH3 is 2. The third-order valence-corrected chi connectivity index (χ3v) is 7.73. The molecule has 0 amide bonds. The summed E-state index contributed by atoms with van der Waals surface area (Å²) < 4.78 is 16.5. The smallest absolute Gasteiger partial charge is 0.159 e. The molecule has 1 aliphatic carbocycles. The molecule has 194 valence electrons. The van der Waals surface area contributed by atoms with Crippen LogP contribution in [0.5, 0.6) is 11.5 Å². The van der Waals surface area contributed by atoms with Crippen LogP contribution in [0, 0.1) is 12.8 Å². The molecule has 1 N–H and O–H groups in total. The summed E-state index contributed by atoms with van der Waals surface area (Å²) in [6.07, 6.45) is 6.42. The van der Waals surface area contributed by atoms with Crippen LogP contribution in [0.25, 0.3) is 0 Å². The van der Waals surface area contributed by atoms with E-state index >= 15 is 0 Å². The summed E-state index contributed by atoms with van der Waals surface area (Å²) >= 11 is 1.45. The molecule has 2 aromatic rings. The molecular formula is C29H40N4O2S. The van der Waals surface area contributed by atoms with Gasteiger partial charge in [-0.05, 0) is 75.0 Å². The monoisotopic (exact) mass is 508 g/mol. The van der Waals surface area contributed by atoms with Crippen molar-refractivity contribution in [3.05, 3.63) is 71.2 Å². The van der Waals surface area contributed by atoms with Gasteiger partial charge in [-0.15, -0.1) is 0 Å². The third-order valence-electron chi connectivity index (χ3n) is 6.89. The summed E-state index contributed by atoms with van der Waals surface area (Å²) in [5, 5.41) is 5.15. The number of rotatable bonds is 6. The highest BCUT2D eigenvalue weighted by molar-refractivity contribution is 8.00. The van der Waals surface area contributed by atoms with Crippen LogP contribution in [-0.4, -0.2) is 29.0 Å². The molecule has 0 bridgehead atoms. The van der Waals surface area contributed by atoms with Crippen LogP contribution in [0.1, 0.15) is 59.7 Å². The number of aromatic nitrogens is 3. The van der Waals surface area contributed by atoms with E-state index in [0.717, 1.165) is 33.5 Å². The zero-order valence-corrected chi connectivity index (χ0v) is 24.1. The molecule has 1 aliphatic rings. The minimum Gasteiger partial charge on any atom is -0.497 e. The molecule has 0 aliphatic heterocycles. The molecular weight excluding hydrogens is 468 g/mol. The number of hydrogen-bond acceptors (Lipinski definition) is 6. The zero-order valence-electron chi connectivity index (χ0n) is 23.3. The van der Waals surface area contributed by atoms with Crippen LogP contribution < -0.4 is 14.2 Å². The van der Waals surface area contributed by atoms with Gasteiger partial charge < -0.3 is 14.2 Å². The highest BCUT2D eigenvalue weighted by Gasteiger charge is 2.36. The first-order chi connectivity index (χ1) is 16.9.